The standard InChI is InChI=1S/C15H18N2O3/c18-14(17-8-2-1-3-13(17)15(19)20)11-6-7-16-12(9-11)10-4-5-10/h6-7,9-10,13H,1-5,8H2,(H,19,20). The van der Waals surface area contributed by atoms with E-state index in [1.54, 1.807) is 12.3 Å². The Labute approximate surface area is 117 Å². The van der Waals surface area contributed by atoms with Crippen LogP contribution in [-0.2, 0) is 4.79 Å². The lowest BCUT2D eigenvalue weighted by atomic mass is 10.0. The Morgan fingerprint density at radius 1 is 1.25 bits per heavy atom. The number of aromatic nitrogens is 1. The Balaban J connectivity index is 1.83. The van der Waals surface area contributed by atoms with Gasteiger partial charge in [0.1, 0.15) is 6.04 Å². The maximum atomic E-state index is 12.5. The van der Waals surface area contributed by atoms with Crippen molar-refractivity contribution in [1.82, 2.24) is 9.88 Å². The van der Waals surface area contributed by atoms with Crippen molar-refractivity contribution in [3.05, 3.63) is 29.6 Å². The highest BCUT2D eigenvalue weighted by Gasteiger charge is 2.33. The summed E-state index contributed by atoms with van der Waals surface area (Å²) < 4.78 is 0. The Morgan fingerprint density at radius 2 is 2.05 bits per heavy atom. The van der Waals surface area contributed by atoms with E-state index in [0.29, 0.717) is 24.4 Å². The molecule has 0 spiro atoms. The summed E-state index contributed by atoms with van der Waals surface area (Å²) in [6.07, 6.45) is 6.20. The van der Waals surface area contributed by atoms with Crippen molar-refractivity contribution >= 4 is 11.9 Å². The summed E-state index contributed by atoms with van der Waals surface area (Å²) in [5, 5.41) is 9.25. The highest BCUT2D eigenvalue weighted by atomic mass is 16.4. The van der Waals surface area contributed by atoms with E-state index in [4.69, 9.17) is 0 Å². The smallest absolute Gasteiger partial charge is 0.326 e. The van der Waals surface area contributed by atoms with Crippen molar-refractivity contribution in [1.29, 1.82) is 0 Å². The molecule has 1 N–H and O–H groups in total. The fraction of sp³-hybridized carbons (Fsp3) is 0.533. The van der Waals surface area contributed by atoms with Crippen molar-refractivity contribution in [3.63, 3.8) is 0 Å². The van der Waals surface area contributed by atoms with Crippen LogP contribution in [0, 0.1) is 0 Å². The van der Waals surface area contributed by atoms with E-state index in [1.165, 1.54) is 4.90 Å². The number of likely N-dealkylation sites (tertiary alicyclic amines) is 1. The van der Waals surface area contributed by atoms with Gasteiger partial charge in [-0.2, -0.15) is 0 Å². The first kappa shape index (κ1) is 13.1. The van der Waals surface area contributed by atoms with Crippen molar-refractivity contribution in [2.75, 3.05) is 6.54 Å². The van der Waals surface area contributed by atoms with Crippen molar-refractivity contribution in [2.24, 2.45) is 0 Å². The second-order valence-electron chi connectivity index (χ2n) is 5.59. The van der Waals surface area contributed by atoms with Gasteiger partial charge in [0.05, 0.1) is 0 Å². The number of carbonyl (C=O) groups is 2. The second kappa shape index (κ2) is 5.23. The number of aliphatic carboxylic acids is 1. The molecule has 3 rings (SSSR count). The maximum Gasteiger partial charge on any atom is 0.326 e. The molecule has 1 unspecified atom stereocenters. The lowest BCUT2D eigenvalue weighted by Crippen LogP contribution is -2.48. The minimum absolute atomic E-state index is 0.179. The van der Waals surface area contributed by atoms with Gasteiger partial charge in [-0.05, 0) is 44.2 Å². The Hall–Kier alpha value is -1.91. The summed E-state index contributed by atoms with van der Waals surface area (Å²) in [6, 6.07) is 2.82. The summed E-state index contributed by atoms with van der Waals surface area (Å²) in [7, 11) is 0. The summed E-state index contributed by atoms with van der Waals surface area (Å²) >= 11 is 0. The molecule has 106 valence electrons. The number of hydrogen-bond acceptors (Lipinski definition) is 3. The van der Waals surface area contributed by atoms with Gasteiger partial charge >= 0.3 is 5.97 Å². The van der Waals surface area contributed by atoms with Gasteiger partial charge in [-0.1, -0.05) is 0 Å². The van der Waals surface area contributed by atoms with Gasteiger partial charge in [-0.3, -0.25) is 9.78 Å². The minimum atomic E-state index is -0.908. The fourth-order valence-corrected chi connectivity index (χ4v) is 2.78. The molecule has 1 atom stereocenters. The van der Waals surface area contributed by atoms with Gasteiger partial charge in [-0.25, -0.2) is 4.79 Å². The van der Waals surface area contributed by atoms with Gasteiger partial charge in [-0.15, -0.1) is 0 Å². The van der Waals surface area contributed by atoms with Crippen molar-refractivity contribution in [2.45, 2.75) is 44.1 Å². The van der Waals surface area contributed by atoms with E-state index in [2.05, 4.69) is 4.98 Å². The zero-order valence-electron chi connectivity index (χ0n) is 11.3. The van der Waals surface area contributed by atoms with Crippen LogP contribution in [0.1, 0.15) is 54.1 Å². The summed E-state index contributed by atoms with van der Waals surface area (Å²) in [5.74, 6) is -0.602. The Morgan fingerprint density at radius 3 is 2.75 bits per heavy atom. The monoisotopic (exact) mass is 274 g/mol. The highest BCUT2D eigenvalue weighted by Crippen LogP contribution is 2.39. The molecule has 20 heavy (non-hydrogen) atoms. The molecule has 0 bridgehead atoms. The third-order valence-electron chi connectivity index (χ3n) is 4.07. The van der Waals surface area contributed by atoms with Crippen LogP contribution in [0.25, 0.3) is 0 Å². The molecule has 1 aromatic heterocycles. The molecule has 1 saturated carbocycles. The van der Waals surface area contributed by atoms with Crippen LogP contribution in [0.2, 0.25) is 0 Å². The van der Waals surface area contributed by atoms with Gasteiger partial charge in [0.15, 0.2) is 0 Å². The lowest BCUT2D eigenvalue weighted by molar-refractivity contribution is -0.143. The molecule has 0 aromatic carbocycles. The molecule has 1 saturated heterocycles. The maximum absolute atomic E-state index is 12.5. The largest absolute Gasteiger partial charge is 0.480 e. The van der Waals surface area contributed by atoms with E-state index in [1.807, 2.05) is 6.07 Å². The number of nitrogens with zero attached hydrogens (tertiary/aromatic N) is 2. The van der Waals surface area contributed by atoms with Crippen LogP contribution in [0.5, 0.6) is 0 Å². The quantitative estimate of drug-likeness (QED) is 0.915. The molecule has 1 aliphatic heterocycles. The average Bonchev–Trinajstić information content (AvgIpc) is 3.31. The minimum Gasteiger partial charge on any atom is -0.480 e. The molecular formula is C15H18N2O3. The molecule has 1 aromatic rings. The van der Waals surface area contributed by atoms with Crippen molar-refractivity contribution in [3.8, 4) is 0 Å². The first-order chi connectivity index (χ1) is 9.66. The first-order valence-electron chi connectivity index (χ1n) is 7.16. The first-order valence-corrected chi connectivity index (χ1v) is 7.16. The molecule has 1 aliphatic carbocycles. The molecule has 2 aliphatic rings. The normalized spacial score (nSPS) is 22.6. The summed E-state index contributed by atoms with van der Waals surface area (Å²) in [5.41, 5.74) is 1.52. The number of carboxylic acids is 1. The number of carboxylic acid groups (broad SMARTS) is 1. The van der Waals surface area contributed by atoms with E-state index in [9.17, 15) is 14.7 Å². The van der Waals surface area contributed by atoms with Crippen LogP contribution in [0.4, 0.5) is 0 Å². The number of hydrogen-bond donors (Lipinski definition) is 1. The topological polar surface area (TPSA) is 70.5 Å². The van der Waals surface area contributed by atoms with E-state index in [-0.39, 0.29) is 5.91 Å². The summed E-state index contributed by atoms with van der Waals surface area (Å²) in [6.45, 7) is 0.525. The zero-order valence-corrected chi connectivity index (χ0v) is 11.3. The SMILES string of the molecule is O=C(O)C1CCCCN1C(=O)c1ccnc(C2CC2)c1. The number of amides is 1. The van der Waals surface area contributed by atoms with Crippen LogP contribution in [-0.4, -0.2) is 39.5 Å². The molecule has 2 fully saturated rings. The predicted molar refractivity (Wildman–Crippen MR) is 72.5 cm³/mol. The molecule has 1 amide bonds. The van der Waals surface area contributed by atoms with Gasteiger partial charge in [0.25, 0.3) is 5.91 Å². The average molecular weight is 274 g/mol. The van der Waals surface area contributed by atoms with E-state index >= 15 is 0 Å². The van der Waals surface area contributed by atoms with Gasteiger partial charge < -0.3 is 10.0 Å². The van der Waals surface area contributed by atoms with Crippen LogP contribution in [0.3, 0.4) is 0 Å². The molecule has 2 heterocycles. The number of carbonyl (C=O) groups excluding carboxylic acids is 1. The molecule has 0 radical (unpaired) electrons. The number of pyridine rings is 1. The second-order valence-corrected chi connectivity index (χ2v) is 5.59. The highest BCUT2D eigenvalue weighted by molar-refractivity contribution is 5.96. The van der Waals surface area contributed by atoms with Crippen molar-refractivity contribution < 1.29 is 14.7 Å². The van der Waals surface area contributed by atoms with E-state index < -0.39 is 12.0 Å². The van der Waals surface area contributed by atoms with Gasteiger partial charge in [0, 0.05) is 29.9 Å². The number of rotatable bonds is 3. The van der Waals surface area contributed by atoms with Gasteiger partial charge in [0.2, 0.25) is 0 Å². The Kier molecular flexibility index (Phi) is 3.42. The van der Waals surface area contributed by atoms with Crippen LogP contribution in [0.15, 0.2) is 18.3 Å². The molecular weight excluding hydrogens is 256 g/mol. The summed E-state index contributed by atoms with van der Waals surface area (Å²) in [4.78, 5) is 29.6. The third-order valence-corrected chi connectivity index (χ3v) is 4.07. The predicted octanol–water partition coefficient (Wildman–Crippen LogP) is 2.04. The molecule has 5 heteroatoms. The van der Waals surface area contributed by atoms with Crippen LogP contribution >= 0.6 is 0 Å². The van der Waals surface area contributed by atoms with Crippen LogP contribution < -0.4 is 0 Å². The third kappa shape index (κ3) is 2.53. The Bertz CT molecular complexity index is 540. The fourth-order valence-electron chi connectivity index (χ4n) is 2.78. The zero-order chi connectivity index (χ0) is 14.1. The molecule has 5 nitrogen and oxygen atoms in total. The van der Waals surface area contributed by atoms with E-state index in [0.717, 1.165) is 31.4 Å². The number of piperidine rings is 1. The lowest BCUT2D eigenvalue weighted by Gasteiger charge is -2.33.